The topological polar surface area (TPSA) is 26.0 Å². The molecule has 1 rings (SSSR count). The highest BCUT2D eigenvalue weighted by Gasteiger charge is 2.24. The Balaban J connectivity index is 2.08. The van der Waals surface area contributed by atoms with Crippen molar-refractivity contribution >= 4 is 6.08 Å². The van der Waals surface area contributed by atoms with Crippen molar-refractivity contribution in [2.24, 2.45) is 11.7 Å². The molecule has 0 bridgehead atoms. The van der Waals surface area contributed by atoms with Crippen molar-refractivity contribution in [2.75, 3.05) is 0 Å². The van der Waals surface area contributed by atoms with E-state index in [4.69, 9.17) is 5.73 Å². The van der Waals surface area contributed by atoms with Gasteiger partial charge in [0.2, 0.25) is 0 Å². The minimum Gasteiger partial charge on any atom is -0.325 e. The number of rotatable bonds is 19. The van der Waals surface area contributed by atoms with Gasteiger partial charge in [0.1, 0.15) is 0 Å². The molecule has 1 nitrogen and oxygen atoms in total. The summed E-state index contributed by atoms with van der Waals surface area (Å²) in [5, 5.41) is 0. The van der Waals surface area contributed by atoms with Gasteiger partial charge >= 0.3 is 0 Å². The summed E-state index contributed by atoms with van der Waals surface area (Å²) in [6.07, 6.45) is 24.1. The van der Waals surface area contributed by atoms with Crippen LogP contribution >= 0.6 is 0 Å². The molecule has 1 atom stereocenters. The van der Waals surface area contributed by atoms with E-state index in [0.717, 1.165) is 6.42 Å². The molecule has 0 amide bonds. The van der Waals surface area contributed by atoms with Gasteiger partial charge < -0.3 is 5.73 Å². The average Bonchev–Trinajstić information content (AvgIpc) is 2.72. The van der Waals surface area contributed by atoms with E-state index >= 15 is 0 Å². The van der Waals surface area contributed by atoms with Crippen molar-refractivity contribution < 1.29 is 0 Å². The van der Waals surface area contributed by atoms with Gasteiger partial charge in [0.05, 0.1) is 0 Å². The highest BCUT2D eigenvalue weighted by atomic mass is 14.7. The Labute approximate surface area is 188 Å². The molecule has 0 aromatic heterocycles. The molecule has 2 N–H and O–H groups in total. The number of hydrogen-bond acceptors (Lipinski definition) is 1. The van der Waals surface area contributed by atoms with E-state index in [0.29, 0.717) is 5.92 Å². The quantitative estimate of drug-likeness (QED) is 0.225. The Morgan fingerprint density at radius 1 is 0.767 bits per heavy atom. The molecular formula is C29H51N. The van der Waals surface area contributed by atoms with Crippen molar-refractivity contribution in [1.29, 1.82) is 0 Å². The Morgan fingerprint density at radius 2 is 1.20 bits per heavy atom. The summed E-state index contributed by atoms with van der Waals surface area (Å²) in [6.45, 7) is 10.5. The van der Waals surface area contributed by atoms with E-state index in [9.17, 15) is 0 Å². The van der Waals surface area contributed by atoms with E-state index in [1.165, 1.54) is 107 Å². The number of benzene rings is 1. The fourth-order valence-corrected chi connectivity index (χ4v) is 4.40. The fraction of sp³-hybridized carbons (Fsp3) is 0.724. The summed E-state index contributed by atoms with van der Waals surface area (Å²) >= 11 is 0. The first-order valence-electron chi connectivity index (χ1n) is 13.0. The van der Waals surface area contributed by atoms with Crippen molar-refractivity contribution in [3.8, 4) is 0 Å². The van der Waals surface area contributed by atoms with Crippen LogP contribution in [-0.2, 0) is 6.42 Å². The van der Waals surface area contributed by atoms with Crippen molar-refractivity contribution in [2.45, 2.75) is 129 Å². The van der Waals surface area contributed by atoms with E-state index in [1.54, 1.807) is 0 Å². The van der Waals surface area contributed by atoms with Crippen LogP contribution in [0.15, 0.2) is 30.8 Å². The molecule has 0 aliphatic carbocycles. The summed E-state index contributed by atoms with van der Waals surface area (Å²) in [6, 6.07) is 8.80. The molecule has 1 aromatic carbocycles. The lowest BCUT2D eigenvalue weighted by molar-refractivity contribution is 0.290. The van der Waals surface area contributed by atoms with Crippen molar-refractivity contribution in [3.63, 3.8) is 0 Å². The third kappa shape index (κ3) is 13.3. The summed E-state index contributed by atoms with van der Waals surface area (Å²) in [7, 11) is 0. The molecule has 30 heavy (non-hydrogen) atoms. The first kappa shape index (κ1) is 27.0. The van der Waals surface area contributed by atoms with Gasteiger partial charge in [-0.15, -0.1) is 0 Å². The largest absolute Gasteiger partial charge is 0.325 e. The highest BCUT2D eigenvalue weighted by Crippen LogP contribution is 2.26. The smallest absolute Gasteiger partial charge is 0.0129 e. The third-order valence-electron chi connectivity index (χ3n) is 6.66. The van der Waals surface area contributed by atoms with Crippen LogP contribution < -0.4 is 5.73 Å². The van der Waals surface area contributed by atoms with Gasteiger partial charge in [-0.2, -0.15) is 0 Å². The zero-order chi connectivity index (χ0) is 22.1. The normalized spacial score (nSPS) is 12.8. The minimum absolute atomic E-state index is 0.117. The second kappa shape index (κ2) is 16.6. The Bertz CT molecular complexity index is 522. The molecule has 1 unspecified atom stereocenters. The Morgan fingerprint density at radius 3 is 1.60 bits per heavy atom. The van der Waals surface area contributed by atoms with Gasteiger partial charge in [0, 0.05) is 5.54 Å². The molecule has 0 heterocycles. The van der Waals surface area contributed by atoms with Crippen molar-refractivity contribution in [1.82, 2.24) is 0 Å². The fourth-order valence-electron chi connectivity index (χ4n) is 4.40. The van der Waals surface area contributed by atoms with E-state index in [2.05, 4.69) is 51.6 Å². The second-order valence-electron chi connectivity index (χ2n) is 10.1. The monoisotopic (exact) mass is 413 g/mol. The minimum atomic E-state index is -0.117. The standard InChI is InChI=1S/C29H51N/c1-5-7-8-9-10-11-12-13-14-15-16-17-18-19-20-28(29(3,4)30)25-27-23-21-26(6-2)22-24-27/h6,21-24,28H,2,5,7-20,25,30H2,1,3-4H3. The van der Waals surface area contributed by atoms with Crippen LogP contribution in [0.2, 0.25) is 0 Å². The van der Waals surface area contributed by atoms with Crippen LogP contribution in [0.5, 0.6) is 0 Å². The van der Waals surface area contributed by atoms with Crippen LogP contribution in [0.3, 0.4) is 0 Å². The molecule has 0 fully saturated rings. The van der Waals surface area contributed by atoms with Gasteiger partial charge in [-0.1, -0.05) is 134 Å². The van der Waals surface area contributed by atoms with Crippen LogP contribution in [0.4, 0.5) is 0 Å². The first-order chi connectivity index (χ1) is 14.5. The van der Waals surface area contributed by atoms with Gasteiger partial charge in [-0.25, -0.2) is 0 Å². The zero-order valence-electron chi connectivity index (χ0n) is 20.6. The van der Waals surface area contributed by atoms with Crippen LogP contribution in [-0.4, -0.2) is 5.54 Å². The molecule has 0 saturated carbocycles. The number of nitrogens with two attached hydrogens (primary N) is 1. The second-order valence-corrected chi connectivity index (χ2v) is 10.1. The molecule has 0 aliphatic heterocycles. The molecule has 1 heteroatoms. The van der Waals surface area contributed by atoms with Gasteiger partial charge in [-0.3, -0.25) is 0 Å². The maximum absolute atomic E-state index is 6.52. The molecular weight excluding hydrogens is 362 g/mol. The first-order valence-corrected chi connectivity index (χ1v) is 13.0. The number of hydrogen-bond donors (Lipinski definition) is 1. The lowest BCUT2D eigenvalue weighted by atomic mass is 9.80. The van der Waals surface area contributed by atoms with Gasteiger partial charge in [-0.05, 0) is 43.7 Å². The van der Waals surface area contributed by atoms with E-state index in [-0.39, 0.29) is 5.54 Å². The van der Waals surface area contributed by atoms with Crippen LogP contribution in [0.1, 0.15) is 128 Å². The SMILES string of the molecule is C=Cc1ccc(CC(CCCCCCCCCCCCCCCC)C(C)(C)N)cc1. The Kier molecular flexibility index (Phi) is 14.9. The van der Waals surface area contributed by atoms with Gasteiger partial charge in [0.15, 0.2) is 0 Å². The highest BCUT2D eigenvalue weighted by molar-refractivity contribution is 5.47. The van der Waals surface area contributed by atoms with Crippen LogP contribution in [0.25, 0.3) is 6.08 Å². The summed E-state index contributed by atoms with van der Waals surface area (Å²) in [4.78, 5) is 0. The predicted molar refractivity (Wildman–Crippen MR) is 137 cm³/mol. The molecule has 0 saturated heterocycles. The average molecular weight is 414 g/mol. The van der Waals surface area contributed by atoms with Crippen LogP contribution in [0, 0.1) is 5.92 Å². The third-order valence-corrected chi connectivity index (χ3v) is 6.66. The molecule has 0 aliphatic rings. The lowest BCUT2D eigenvalue weighted by Crippen LogP contribution is -2.42. The van der Waals surface area contributed by atoms with E-state index < -0.39 is 0 Å². The summed E-state index contributed by atoms with van der Waals surface area (Å²) in [5.74, 6) is 0.546. The molecule has 0 spiro atoms. The summed E-state index contributed by atoms with van der Waals surface area (Å²) < 4.78 is 0. The molecule has 1 aromatic rings. The predicted octanol–water partition coefficient (Wildman–Crippen LogP) is 9.10. The molecule has 172 valence electrons. The maximum atomic E-state index is 6.52. The van der Waals surface area contributed by atoms with Crippen molar-refractivity contribution in [3.05, 3.63) is 42.0 Å². The summed E-state index contributed by atoms with van der Waals surface area (Å²) in [5.41, 5.74) is 8.99. The van der Waals surface area contributed by atoms with Gasteiger partial charge in [0.25, 0.3) is 0 Å². The lowest BCUT2D eigenvalue weighted by Gasteiger charge is -2.31. The molecule has 0 radical (unpaired) electrons. The van der Waals surface area contributed by atoms with E-state index in [1.807, 2.05) is 6.08 Å². The number of unbranched alkanes of at least 4 members (excludes halogenated alkanes) is 13. The Hall–Kier alpha value is -1.08. The zero-order valence-corrected chi connectivity index (χ0v) is 20.6. The maximum Gasteiger partial charge on any atom is 0.0129 e.